The number of sulfone groups is 1. The van der Waals surface area contributed by atoms with Crippen LogP contribution in [0.5, 0.6) is 0 Å². The highest BCUT2D eigenvalue weighted by atomic mass is 127. The summed E-state index contributed by atoms with van der Waals surface area (Å²) in [6.07, 6.45) is 0. The Morgan fingerprint density at radius 2 is 1.08 bits per heavy atom. The standard InChI is InChI=1S/C16H12Cl2I4O2S/c1-9-7-11(17)3-5-13(9)15(19,20)25(23,24)16(21,22)14-6-4-12(18)8-10(14)2/h3-8H,1-2H3. The molecule has 0 bridgehead atoms. The lowest BCUT2D eigenvalue weighted by molar-refractivity contribution is 0.592. The summed E-state index contributed by atoms with van der Waals surface area (Å²) in [5, 5.41) is 1.18. The molecule has 0 aliphatic rings. The van der Waals surface area contributed by atoms with Gasteiger partial charge in [-0.05, 0) is 151 Å². The van der Waals surface area contributed by atoms with Crippen molar-refractivity contribution in [2.24, 2.45) is 0 Å². The highest BCUT2D eigenvalue weighted by molar-refractivity contribution is 14.2. The van der Waals surface area contributed by atoms with Gasteiger partial charge < -0.3 is 0 Å². The third-order valence-electron chi connectivity index (χ3n) is 3.68. The molecular formula is C16H12Cl2I4O2S. The van der Waals surface area contributed by atoms with Gasteiger partial charge in [0.05, 0.1) is 0 Å². The molecule has 0 aromatic heterocycles. The van der Waals surface area contributed by atoms with Crippen molar-refractivity contribution in [1.29, 1.82) is 0 Å². The van der Waals surface area contributed by atoms with Crippen molar-refractivity contribution in [2.75, 3.05) is 0 Å². The van der Waals surface area contributed by atoms with E-state index in [2.05, 4.69) is 0 Å². The van der Waals surface area contributed by atoms with Crippen LogP contribution in [-0.2, 0) is 11.4 Å². The van der Waals surface area contributed by atoms with Gasteiger partial charge in [0.15, 0.2) is 0 Å². The van der Waals surface area contributed by atoms with Gasteiger partial charge in [0.25, 0.3) is 0 Å². The molecule has 0 aliphatic heterocycles. The summed E-state index contributed by atoms with van der Waals surface area (Å²) in [4.78, 5) is 0. The zero-order chi connectivity index (χ0) is 19.2. The maximum absolute atomic E-state index is 13.7. The molecule has 2 aromatic carbocycles. The lowest BCUT2D eigenvalue weighted by Gasteiger charge is -2.32. The molecule has 0 amide bonds. The summed E-state index contributed by atoms with van der Waals surface area (Å²) >= 11 is 20.1. The average Bonchev–Trinajstić information content (AvgIpc) is 2.45. The van der Waals surface area contributed by atoms with Crippen LogP contribution in [0.1, 0.15) is 22.3 Å². The molecule has 2 aromatic rings. The first-order valence-electron chi connectivity index (χ1n) is 6.85. The van der Waals surface area contributed by atoms with Crippen molar-refractivity contribution in [2.45, 2.75) is 15.4 Å². The quantitative estimate of drug-likeness (QED) is 0.234. The number of hydrogen-bond donors (Lipinski definition) is 0. The second kappa shape index (κ2) is 8.33. The van der Waals surface area contributed by atoms with Crippen LogP contribution in [0.3, 0.4) is 0 Å². The van der Waals surface area contributed by atoms with Gasteiger partial charge >= 0.3 is 0 Å². The minimum absolute atomic E-state index is 0.589. The zero-order valence-electron chi connectivity index (χ0n) is 13.0. The summed E-state index contributed by atoms with van der Waals surface area (Å²) in [7, 11) is -3.65. The molecule has 0 atom stereocenters. The van der Waals surface area contributed by atoms with E-state index in [9.17, 15) is 8.42 Å². The van der Waals surface area contributed by atoms with E-state index in [1.165, 1.54) is 0 Å². The Morgan fingerprint density at radius 1 is 0.760 bits per heavy atom. The fraction of sp³-hybridized carbons (Fsp3) is 0.250. The van der Waals surface area contributed by atoms with E-state index in [4.69, 9.17) is 23.2 Å². The number of halogens is 6. The lowest BCUT2D eigenvalue weighted by atomic mass is 10.1. The summed E-state index contributed by atoms with van der Waals surface area (Å²) < 4.78 is 25.0. The van der Waals surface area contributed by atoms with E-state index < -0.39 is 11.4 Å². The summed E-state index contributed by atoms with van der Waals surface area (Å²) in [6, 6.07) is 10.6. The van der Waals surface area contributed by atoms with E-state index in [1.807, 2.05) is 104 Å². The molecule has 0 unspecified atom stereocenters. The van der Waals surface area contributed by atoms with Crippen LogP contribution in [0.25, 0.3) is 0 Å². The van der Waals surface area contributed by atoms with E-state index in [0.29, 0.717) is 10.0 Å². The van der Waals surface area contributed by atoms with Gasteiger partial charge in [-0.15, -0.1) is 0 Å². The van der Waals surface area contributed by atoms with Crippen LogP contribution < -0.4 is 0 Å². The molecule has 136 valence electrons. The van der Waals surface area contributed by atoms with Gasteiger partial charge in [-0.3, -0.25) is 0 Å². The van der Waals surface area contributed by atoms with Crippen LogP contribution in [0.2, 0.25) is 10.0 Å². The molecular weight excluding hydrogens is 835 g/mol. The van der Waals surface area contributed by atoms with Crippen LogP contribution in [-0.4, -0.2) is 8.42 Å². The number of hydrogen-bond acceptors (Lipinski definition) is 2. The average molecular weight is 847 g/mol. The van der Waals surface area contributed by atoms with E-state index in [1.54, 1.807) is 36.4 Å². The Hall–Kier alpha value is 1.89. The summed E-state index contributed by atoms with van der Waals surface area (Å²) in [5.74, 6) is 0. The van der Waals surface area contributed by atoms with Crippen molar-refractivity contribution < 1.29 is 8.42 Å². The highest BCUT2D eigenvalue weighted by Crippen LogP contribution is 2.59. The van der Waals surface area contributed by atoms with Crippen molar-refractivity contribution in [1.82, 2.24) is 0 Å². The monoisotopic (exact) mass is 846 g/mol. The molecule has 0 fully saturated rings. The van der Waals surface area contributed by atoms with Crippen molar-refractivity contribution in [3.05, 3.63) is 68.7 Å². The molecule has 0 saturated heterocycles. The summed E-state index contributed by atoms with van der Waals surface area (Å²) in [5.41, 5.74) is 3.14. The van der Waals surface area contributed by atoms with E-state index in [-0.39, 0.29) is 0 Å². The second-order valence-corrected chi connectivity index (χ2v) is 22.1. The third-order valence-corrected chi connectivity index (χ3v) is 15.2. The van der Waals surface area contributed by atoms with Crippen LogP contribution in [0.4, 0.5) is 0 Å². The van der Waals surface area contributed by atoms with Gasteiger partial charge in [-0.2, -0.15) is 0 Å². The molecule has 2 rings (SSSR count). The van der Waals surface area contributed by atoms with Crippen LogP contribution >= 0.6 is 114 Å². The first-order chi connectivity index (χ1) is 11.3. The smallest absolute Gasteiger partial charge is 0.207 e. The molecule has 25 heavy (non-hydrogen) atoms. The van der Waals surface area contributed by atoms with Gasteiger partial charge in [-0.25, -0.2) is 8.42 Å². The minimum Gasteiger partial charge on any atom is -0.224 e. The Labute approximate surface area is 212 Å². The van der Waals surface area contributed by atoms with Gasteiger partial charge in [0.1, 0.15) is 0 Å². The molecule has 0 radical (unpaired) electrons. The van der Waals surface area contributed by atoms with Crippen molar-refractivity contribution in [3.63, 3.8) is 0 Å². The SMILES string of the molecule is Cc1cc(Cl)ccc1C(I)(I)S(=O)(=O)C(I)(I)c1ccc(Cl)cc1C. The normalized spacial score (nSPS) is 13.1. The lowest BCUT2D eigenvalue weighted by Crippen LogP contribution is -2.35. The number of alkyl halides is 4. The zero-order valence-corrected chi connectivity index (χ0v) is 23.9. The number of aryl methyl sites for hydroxylation is 2. The third kappa shape index (κ3) is 4.41. The maximum Gasteiger partial charge on any atom is 0.207 e. The molecule has 2 nitrogen and oxygen atoms in total. The topological polar surface area (TPSA) is 34.1 Å². The number of benzene rings is 2. The van der Waals surface area contributed by atoms with Gasteiger partial charge in [0.2, 0.25) is 11.4 Å². The minimum atomic E-state index is -3.65. The van der Waals surface area contributed by atoms with Crippen LogP contribution in [0, 0.1) is 13.8 Å². The molecule has 0 N–H and O–H groups in total. The second-order valence-electron chi connectivity index (χ2n) is 5.46. The maximum atomic E-state index is 13.7. The predicted molar refractivity (Wildman–Crippen MR) is 141 cm³/mol. The molecule has 9 heteroatoms. The fourth-order valence-electron chi connectivity index (χ4n) is 2.36. The Balaban J connectivity index is 2.66. The largest absolute Gasteiger partial charge is 0.224 e. The van der Waals surface area contributed by atoms with Gasteiger partial charge in [-0.1, -0.05) is 35.3 Å². The fourth-order valence-corrected chi connectivity index (χ4v) is 15.6. The van der Waals surface area contributed by atoms with Crippen molar-refractivity contribution >= 4 is 123 Å². The van der Waals surface area contributed by atoms with E-state index in [0.717, 1.165) is 22.3 Å². The first kappa shape index (κ1) is 23.2. The summed E-state index contributed by atoms with van der Waals surface area (Å²) in [6.45, 7) is 3.75. The Bertz CT molecular complexity index is 858. The molecule has 0 saturated carbocycles. The molecule has 0 aliphatic carbocycles. The van der Waals surface area contributed by atoms with Crippen LogP contribution in [0.15, 0.2) is 36.4 Å². The highest BCUT2D eigenvalue weighted by Gasteiger charge is 2.54. The molecule has 0 heterocycles. The van der Waals surface area contributed by atoms with Crippen molar-refractivity contribution in [3.8, 4) is 0 Å². The molecule has 0 spiro atoms. The Kier molecular flexibility index (Phi) is 7.72. The predicted octanol–water partition coefficient (Wildman–Crippen LogP) is 7.69. The van der Waals surface area contributed by atoms with E-state index >= 15 is 0 Å². The van der Waals surface area contributed by atoms with Gasteiger partial charge in [0, 0.05) is 10.0 Å². The first-order valence-corrected chi connectivity index (χ1v) is 13.4. The number of rotatable bonds is 4. The Morgan fingerprint density at radius 3 is 1.36 bits per heavy atom.